The van der Waals surface area contributed by atoms with Crippen LogP contribution in [-0.4, -0.2) is 35.8 Å². The number of esters is 1. The van der Waals surface area contributed by atoms with Crippen molar-refractivity contribution in [1.29, 1.82) is 0 Å². The molecule has 24 heavy (non-hydrogen) atoms. The number of pyridine rings is 1. The number of nitrogens with zero attached hydrogens (tertiary/aromatic N) is 1. The summed E-state index contributed by atoms with van der Waals surface area (Å²) < 4.78 is 42.0. The molecule has 0 bridgehead atoms. The largest absolute Gasteiger partial charge is 0.467 e. The Morgan fingerprint density at radius 3 is 2.50 bits per heavy atom. The first-order valence-corrected chi connectivity index (χ1v) is 8.20. The third-order valence-corrected chi connectivity index (χ3v) is 4.34. The minimum atomic E-state index is -4.45. The fourth-order valence-corrected chi connectivity index (χ4v) is 2.44. The van der Waals surface area contributed by atoms with E-state index in [2.05, 4.69) is 15.0 Å². The first kappa shape index (κ1) is 20.3. The molecule has 0 radical (unpaired) electrons. The van der Waals surface area contributed by atoms with E-state index >= 15 is 0 Å². The van der Waals surface area contributed by atoms with E-state index in [0.717, 1.165) is 24.0 Å². The Labute approximate surface area is 142 Å². The normalized spacial score (nSPS) is 13.9. The molecule has 0 aliphatic carbocycles. The molecule has 1 aromatic heterocycles. The molecule has 0 aliphatic rings. The second-order valence-corrected chi connectivity index (χ2v) is 6.12. The number of halogens is 3. The Kier molecular flexibility index (Phi) is 7.53. The number of rotatable bonds is 7. The smallest absolute Gasteiger partial charge is 0.417 e. The second kappa shape index (κ2) is 8.91. The van der Waals surface area contributed by atoms with Crippen molar-refractivity contribution in [3.05, 3.63) is 23.9 Å². The molecule has 2 unspecified atom stereocenters. The van der Waals surface area contributed by atoms with Crippen molar-refractivity contribution in [2.45, 2.75) is 37.5 Å². The Morgan fingerprint density at radius 1 is 1.38 bits per heavy atom. The Morgan fingerprint density at radius 2 is 2.04 bits per heavy atom. The van der Waals surface area contributed by atoms with Crippen LogP contribution in [0.15, 0.2) is 23.4 Å². The van der Waals surface area contributed by atoms with Gasteiger partial charge in [0.2, 0.25) is 5.91 Å². The lowest BCUT2D eigenvalue weighted by Crippen LogP contribution is -2.46. The van der Waals surface area contributed by atoms with Crippen molar-refractivity contribution < 1.29 is 27.5 Å². The highest BCUT2D eigenvalue weighted by Gasteiger charge is 2.30. The number of ether oxygens (including phenoxy) is 1. The highest BCUT2D eigenvalue weighted by atomic mass is 32.2. The summed E-state index contributed by atoms with van der Waals surface area (Å²) in [5, 5.41) is 2.87. The zero-order valence-corrected chi connectivity index (χ0v) is 14.3. The van der Waals surface area contributed by atoms with Crippen LogP contribution >= 0.6 is 11.8 Å². The van der Waals surface area contributed by atoms with Gasteiger partial charge in [-0.1, -0.05) is 32.0 Å². The van der Waals surface area contributed by atoms with Crippen LogP contribution < -0.4 is 5.32 Å². The van der Waals surface area contributed by atoms with Crippen LogP contribution in [0.2, 0.25) is 0 Å². The second-order valence-electron chi connectivity index (χ2n) is 5.13. The summed E-state index contributed by atoms with van der Waals surface area (Å²) in [7, 11) is 1.24. The molecule has 1 amide bonds. The summed E-state index contributed by atoms with van der Waals surface area (Å²) in [6.45, 7) is 3.69. The van der Waals surface area contributed by atoms with Gasteiger partial charge in [-0.2, -0.15) is 13.2 Å². The maximum absolute atomic E-state index is 12.4. The van der Waals surface area contributed by atoms with Gasteiger partial charge in [0.25, 0.3) is 0 Å². The van der Waals surface area contributed by atoms with Gasteiger partial charge in [-0.3, -0.25) is 4.79 Å². The zero-order valence-electron chi connectivity index (χ0n) is 13.5. The number of carbonyl (C=O) groups is 2. The summed E-state index contributed by atoms with van der Waals surface area (Å²) >= 11 is 0.986. The van der Waals surface area contributed by atoms with Crippen molar-refractivity contribution >= 4 is 23.6 Å². The molecular weight excluding hydrogens is 345 g/mol. The van der Waals surface area contributed by atoms with E-state index in [1.165, 1.54) is 13.2 Å². The van der Waals surface area contributed by atoms with Gasteiger partial charge in [0.05, 0.1) is 23.5 Å². The van der Waals surface area contributed by atoms with Gasteiger partial charge < -0.3 is 10.1 Å². The molecule has 1 aromatic rings. The average molecular weight is 364 g/mol. The lowest BCUT2D eigenvalue weighted by atomic mass is 9.99. The van der Waals surface area contributed by atoms with Crippen LogP contribution in [0.1, 0.15) is 25.8 Å². The van der Waals surface area contributed by atoms with Crippen molar-refractivity contribution in [2.75, 3.05) is 12.9 Å². The molecule has 9 heteroatoms. The van der Waals surface area contributed by atoms with Crippen LogP contribution in [0, 0.1) is 5.92 Å². The van der Waals surface area contributed by atoms with E-state index in [-0.39, 0.29) is 16.7 Å². The molecule has 2 atom stereocenters. The molecule has 5 nitrogen and oxygen atoms in total. The molecule has 134 valence electrons. The zero-order chi connectivity index (χ0) is 18.3. The van der Waals surface area contributed by atoms with Crippen molar-refractivity contribution in [2.24, 2.45) is 5.92 Å². The van der Waals surface area contributed by atoms with Gasteiger partial charge in [-0.15, -0.1) is 0 Å². The Balaban J connectivity index is 2.60. The van der Waals surface area contributed by atoms with E-state index in [4.69, 9.17) is 0 Å². The molecule has 0 aromatic carbocycles. The number of thioether (sulfide) groups is 1. The van der Waals surface area contributed by atoms with Gasteiger partial charge in [0.1, 0.15) is 6.04 Å². The lowest BCUT2D eigenvalue weighted by Gasteiger charge is -2.21. The van der Waals surface area contributed by atoms with Crippen LogP contribution in [0.5, 0.6) is 0 Å². The number of alkyl halides is 3. The number of hydrogen-bond donors (Lipinski definition) is 1. The van der Waals surface area contributed by atoms with Crippen LogP contribution in [0.25, 0.3) is 0 Å². The van der Waals surface area contributed by atoms with E-state index in [9.17, 15) is 22.8 Å². The topological polar surface area (TPSA) is 68.3 Å². The van der Waals surface area contributed by atoms with Crippen LogP contribution in [0.3, 0.4) is 0 Å². The molecule has 0 spiro atoms. The first-order valence-electron chi connectivity index (χ1n) is 7.22. The number of amides is 1. The SMILES string of the molecule is CCC(C)C(NC(=O)CSc1ccc(C(F)(F)F)cn1)C(=O)OC. The number of carbonyl (C=O) groups excluding carboxylic acids is 2. The summed E-state index contributed by atoms with van der Waals surface area (Å²) in [5.74, 6) is -1.12. The Hall–Kier alpha value is -1.77. The first-order chi connectivity index (χ1) is 11.2. The number of methoxy groups -OCH3 is 1. The molecule has 0 saturated heterocycles. The minimum Gasteiger partial charge on any atom is -0.467 e. The fourth-order valence-electron chi connectivity index (χ4n) is 1.78. The average Bonchev–Trinajstić information content (AvgIpc) is 2.56. The highest BCUT2D eigenvalue weighted by Crippen LogP contribution is 2.29. The molecule has 0 saturated carbocycles. The van der Waals surface area contributed by atoms with Crippen molar-refractivity contribution in [3.8, 4) is 0 Å². The summed E-state index contributed by atoms with van der Waals surface area (Å²) in [4.78, 5) is 27.3. The Bertz CT molecular complexity index is 564. The minimum absolute atomic E-state index is 0.0672. The number of aromatic nitrogens is 1. The van der Waals surface area contributed by atoms with E-state index in [1.54, 1.807) is 0 Å². The predicted octanol–water partition coefficient (Wildman–Crippen LogP) is 2.90. The molecule has 1 heterocycles. The summed E-state index contributed by atoms with van der Waals surface area (Å²) in [5.41, 5.74) is -0.848. The molecule has 0 aliphatic heterocycles. The predicted molar refractivity (Wildman–Crippen MR) is 83.4 cm³/mol. The fraction of sp³-hybridized carbons (Fsp3) is 0.533. The third-order valence-electron chi connectivity index (χ3n) is 3.40. The van der Waals surface area contributed by atoms with Gasteiger partial charge in [-0.05, 0) is 18.1 Å². The molecule has 1 N–H and O–H groups in total. The summed E-state index contributed by atoms with van der Waals surface area (Å²) in [6, 6.07) is 1.35. The van der Waals surface area contributed by atoms with Crippen molar-refractivity contribution in [1.82, 2.24) is 10.3 Å². The van der Waals surface area contributed by atoms with E-state index < -0.39 is 29.7 Å². The monoisotopic (exact) mass is 364 g/mol. The van der Waals surface area contributed by atoms with Crippen molar-refractivity contribution in [3.63, 3.8) is 0 Å². The highest BCUT2D eigenvalue weighted by molar-refractivity contribution is 7.99. The van der Waals surface area contributed by atoms with Crippen LogP contribution in [0.4, 0.5) is 13.2 Å². The quantitative estimate of drug-likeness (QED) is 0.595. The molecular formula is C15H19F3N2O3S. The summed E-state index contributed by atoms with van der Waals surface area (Å²) in [6.07, 6.45) is -3.05. The van der Waals surface area contributed by atoms with E-state index in [0.29, 0.717) is 6.42 Å². The maximum atomic E-state index is 12.4. The van der Waals surface area contributed by atoms with Gasteiger partial charge in [-0.25, -0.2) is 9.78 Å². The standard InChI is InChI=1S/C15H19F3N2O3S/c1-4-9(2)13(14(22)23-3)20-11(21)8-24-12-6-5-10(7-19-12)15(16,17)18/h5-7,9,13H,4,8H2,1-3H3,(H,20,21). The number of hydrogen-bond acceptors (Lipinski definition) is 5. The van der Waals surface area contributed by atoms with Gasteiger partial charge >= 0.3 is 12.1 Å². The maximum Gasteiger partial charge on any atom is 0.417 e. The number of nitrogens with one attached hydrogen (secondary N) is 1. The van der Waals surface area contributed by atoms with Gasteiger partial charge in [0.15, 0.2) is 0 Å². The molecule has 1 rings (SSSR count). The van der Waals surface area contributed by atoms with Crippen LogP contribution in [-0.2, 0) is 20.5 Å². The van der Waals surface area contributed by atoms with Gasteiger partial charge in [0, 0.05) is 6.20 Å². The molecule has 0 fully saturated rings. The lowest BCUT2D eigenvalue weighted by molar-refractivity contribution is -0.146. The van der Waals surface area contributed by atoms with E-state index in [1.807, 2.05) is 13.8 Å². The third kappa shape index (κ3) is 6.03.